The minimum Gasteiger partial charge on any atom is -0.462 e. The van der Waals surface area contributed by atoms with E-state index in [9.17, 15) is 10.1 Å². The summed E-state index contributed by atoms with van der Waals surface area (Å²) < 4.78 is 5.67. The predicted octanol–water partition coefficient (Wildman–Crippen LogP) is 2.75. The molecular formula is C23H20N8O2. The number of amides is 1. The standard InChI is InChI=1S/C23H20N8O2/c1-12-2-3-15-14(9-28-31-15)18(12)13-8-17(29-20(19(13)25)21(26)32)16-4-7-27-22(30-16)33-11-23(10-24)5-6-23/h2-4,7-9H,5-6,11,25H2,1H3,(H2,26,32)(H,28,31). The number of benzene rings is 1. The number of nitrogens with two attached hydrogens (primary N) is 2. The van der Waals surface area contributed by atoms with Gasteiger partial charge >= 0.3 is 6.01 Å². The zero-order valence-corrected chi connectivity index (χ0v) is 17.8. The zero-order chi connectivity index (χ0) is 23.2. The number of hydrogen-bond donors (Lipinski definition) is 3. The third kappa shape index (κ3) is 3.59. The first-order chi connectivity index (χ1) is 15.9. The molecule has 0 bridgehead atoms. The normalized spacial score (nSPS) is 14.1. The highest BCUT2D eigenvalue weighted by Gasteiger charge is 2.44. The lowest BCUT2D eigenvalue weighted by Crippen LogP contribution is -2.17. The van der Waals surface area contributed by atoms with Gasteiger partial charge in [0.2, 0.25) is 0 Å². The van der Waals surface area contributed by atoms with Crippen molar-refractivity contribution in [2.45, 2.75) is 19.8 Å². The summed E-state index contributed by atoms with van der Waals surface area (Å²) in [6.45, 7) is 2.17. The molecule has 1 aliphatic carbocycles. The Bertz CT molecular complexity index is 1450. The second-order valence-corrected chi connectivity index (χ2v) is 8.18. The number of anilines is 1. The summed E-state index contributed by atoms with van der Waals surface area (Å²) in [4.78, 5) is 25.1. The van der Waals surface area contributed by atoms with Crippen molar-refractivity contribution in [1.82, 2.24) is 25.1 Å². The summed E-state index contributed by atoms with van der Waals surface area (Å²) in [5.41, 5.74) is 15.6. The van der Waals surface area contributed by atoms with Crippen LogP contribution in [0.2, 0.25) is 0 Å². The third-order valence-electron chi connectivity index (χ3n) is 5.86. The van der Waals surface area contributed by atoms with Gasteiger partial charge in [0.05, 0.1) is 40.3 Å². The van der Waals surface area contributed by atoms with E-state index in [2.05, 4.69) is 31.2 Å². The molecule has 3 heterocycles. The van der Waals surface area contributed by atoms with Crippen molar-refractivity contribution in [3.8, 4) is 34.6 Å². The van der Waals surface area contributed by atoms with Gasteiger partial charge in [0.25, 0.3) is 5.91 Å². The molecule has 10 nitrogen and oxygen atoms in total. The Morgan fingerprint density at radius 1 is 1.27 bits per heavy atom. The molecule has 10 heteroatoms. The number of nitrogen functional groups attached to an aromatic ring is 1. The van der Waals surface area contributed by atoms with Gasteiger partial charge in [-0.3, -0.25) is 9.89 Å². The van der Waals surface area contributed by atoms with E-state index in [1.54, 1.807) is 18.3 Å². The molecule has 1 saturated carbocycles. The van der Waals surface area contributed by atoms with E-state index < -0.39 is 11.3 Å². The van der Waals surface area contributed by atoms with Crippen LogP contribution in [0.5, 0.6) is 6.01 Å². The van der Waals surface area contributed by atoms with Crippen LogP contribution in [-0.4, -0.2) is 37.7 Å². The van der Waals surface area contributed by atoms with Gasteiger partial charge in [0.15, 0.2) is 5.69 Å². The molecule has 164 valence electrons. The fourth-order valence-corrected chi connectivity index (χ4v) is 3.76. The summed E-state index contributed by atoms with van der Waals surface area (Å²) in [5, 5.41) is 17.2. The van der Waals surface area contributed by atoms with Gasteiger partial charge in [-0.2, -0.15) is 15.3 Å². The number of carbonyl (C=O) groups is 1. The molecule has 0 unspecified atom stereocenters. The minimum absolute atomic E-state index is 0.0510. The molecule has 1 aromatic carbocycles. The smallest absolute Gasteiger partial charge is 0.316 e. The monoisotopic (exact) mass is 440 g/mol. The average molecular weight is 440 g/mol. The number of aromatic nitrogens is 5. The number of carbonyl (C=O) groups excluding carboxylic acids is 1. The SMILES string of the molecule is Cc1ccc2[nH]ncc2c1-c1cc(-c2ccnc(OCC3(C#N)CC3)n2)nc(C(N)=O)c1N. The van der Waals surface area contributed by atoms with Crippen LogP contribution in [0.3, 0.4) is 0 Å². The number of nitriles is 1. The van der Waals surface area contributed by atoms with Crippen LogP contribution in [0.4, 0.5) is 5.69 Å². The van der Waals surface area contributed by atoms with Gasteiger partial charge in [-0.05, 0) is 49.1 Å². The lowest BCUT2D eigenvalue weighted by atomic mass is 9.94. The molecule has 5 rings (SSSR count). The highest BCUT2D eigenvalue weighted by atomic mass is 16.5. The molecule has 0 atom stereocenters. The fraction of sp³-hybridized carbons (Fsp3) is 0.217. The quantitative estimate of drug-likeness (QED) is 0.411. The van der Waals surface area contributed by atoms with Crippen LogP contribution in [-0.2, 0) is 0 Å². The third-order valence-corrected chi connectivity index (χ3v) is 5.86. The van der Waals surface area contributed by atoms with Crippen molar-refractivity contribution in [1.29, 1.82) is 5.26 Å². The zero-order valence-electron chi connectivity index (χ0n) is 17.8. The van der Waals surface area contributed by atoms with Crippen LogP contribution in [0.15, 0.2) is 36.7 Å². The molecule has 1 aliphatic rings. The van der Waals surface area contributed by atoms with Crippen molar-refractivity contribution in [2.75, 3.05) is 12.3 Å². The Balaban J connectivity index is 1.62. The Morgan fingerprint density at radius 2 is 2.09 bits per heavy atom. The van der Waals surface area contributed by atoms with Gasteiger partial charge in [-0.25, -0.2) is 9.97 Å². The number of primary amides is 1. The number of H-pyrrole nitrogens is 1. The number of pyridine rings is 1. The average Bonchev–Trinajstić information content (AvgIpc) is 3.45. The molecule has 3 aromatic heterocycles. The van der Waals surface area contributed by atoms with Crippen molar-refractivity contribution in [2.24, 2.45) is 11.1 Å². The van der Waals surface area contributed by atoms with Gasteiger partial charge in [-0.15, -0.1) is 0 Å². The van der Waals surface area contributed by atoms with Crippen LogP contribution >= 0.6 is 0 Å². The lowest BCUT2D eigenvalue weighted by molar-refractivity contribution is 0.0996. The second-order valence-electron chi connectivity index (χ2n) is 8.18. The first kappa shape index (κ1) is 20.4. The first-order valence-corrected chi connectivity index (χ1v) is 10.3. The molecule has 1 amide bonds. The maximum Gasteiger partial charge on any atom is 0.316 e. The highest BCUT2D eigenvalue weighted by Crippen LogP contribution is 2.45. The van der Waals surface area contributed by atoms with Gasteiger partial charge in [-0.1, -0.05) is 6.07 Å². The summed E-state index contributed by atoms with van der Waals surface area (Å²) in [6, 6.07) is 9.69. The Morgan fingerprint density at radius 3 is 2.82 bits per heavy atom. The lowest BCUT2D eigenvalue weighted by Gasteiger charge is -2.15. The van der Waals surface area contributed by atoms with Crippen molar-refractivity contribution in [3.63, 3.8) is 0 Å². The number of rotatable bonds is 6. The summed E-state index contributed by atoms with van der Waals surface area (Å²) in [6.07, 6.45) is 4.84. The first-order valence-electron chi connectivity index (χ1n) is 10.3. The number of nitrogens with zero attached hydrogens (tertiary/aromatic N) is 5. The largest absolute Gasteiger partial charge is 0.462 e. The number of fused-ring (bicyclic) bond motifs is 1. The minimum atomic E-state index is -0.747. The van der Waals surface area contributed by atoms with E-state index >= 15 is 0 Å². The molecule has 1 fully saturated rings. The molecule has 0 saturated heterocycles. The van der Waals surface area contributed by atoms with Crippen LogP contribution in [0.25, 0.3) is 33.4 Å². The number of hydrogen-bond acceptors (Lipinski definition) is 8. The van der Waals surface area contributed by atoms with Gasteiger partial charge < -0.3 is 16.2 Å². The van der Waals surface area contributed by atoms with Gasteiger partial charge in [0, 0.05) is 17.1 Å². The molecule has 33 heavy (non-hydrogen) atoms. The number of aryl methyl sites for hydroxylation is 1. The summed E-state index contributed by atoms with van der Waals surface area (Å²) in [7, 11) is 0. The second kappa shape index (κ2) is 7.56. The molecule has 0 spiro atoms. The Labute approximate surface area is 188 Å². The van der Waals surface area contributed by atoms with Crippen molar-refractivity contribution < 1.29 is 9.53 Å². The van der Waals surface area contributed by atoms with E-state index in [4.69, 9.17) is 16.2 Å². The molecule has 4 aromatic rings. The van der Waals surface area contributed by atoms with Crippen LogP contribution < -0.4 is 16.2 Å². The molecule has 0 aliphatic heterocycles. The Hall–Kier alpha value is -4.52. The van der Waals surface area contributed by atoms with E-state index in [1.807, 2.05) is 19.1 Å². The van der Waals surface area contributed by atoms with Crippen LogP contribution in [0.1, 0.15) is 28.9 Å². The number of nitrogens with one attached hydrogen (secondary N) is 1. The Kier molecular flexibility index (Phi) is 4.67. The van der Waals surface area contributed by atoms with E-state index in [0.29, 0.717) is 17.0 Å². The predicted molar refractivity (Wildman–Crippen MR) is 121 cm³/mol. The number of ether oxygens (including phenoxy) is 1. The molecular weight excluding hydrogens is 420 g/mol. The topological polar surface area (TPSA) is 169 Å². The van der Waals surface area contributed by atoms with E-state index in [1.165, 1.54) is 6.20 Å². The van der Waals surface area contributed by atoms with Gasteiger partial charge in [0.1, 0.15) is 6.61 Å². The van der Waals surface area contributed by atoms with E-state index in [0.717, 1.165) is 34.9 Å². The fourth-order valence-electron chi connectivity index (χ4n) is 3.76. The molecule has 0 radical (unpaired) electrons. The van der Waals surface area contributed by atoms with Crippen LogP contribution in [0, 0.1) is 23.7 Å². The maximum atomic E-state index is 12.2. The summed E-state index contributed by atoms with van der Waals surface area (Å²) >= 11 is 0. The van der Waals surface area contributed by atoms with Crippen molar-refractivity contribution >= 4 is 22.5 Å². The molecule has 5 N–H and O–H groups in total. The number of aromatic amines is 1. The maximum absolute atomic E-state index is 12.2. The summed E-state index contributed by atoms with van der Waals surface area (Å²) in [5.74, 6) is -0.747. The van der Waals surface area contributed by atoms with E-state index in [-0.39, 0.29) is 24.0 Å². The highest BCUT2D eigenvalue weighted by molar-refractivity contribution is 6.05. The van der Waals surface area contributed by atoms with Crippen molar-refractivity contribution in [3.05, 3.63) is 47.9 Å².